The third kappa shape index (κ3) is 2.33. The van der Waals surface area contributed by atoms with E-state index in [2.05, 4.69) is 10.3 Å². The number of nitrogens with zero attached hydrogens (tertiary/aromatic N) is 3. The van der Waals surface area contributed by atoms with Gasteiger partial charge in [-0.1, -0.05) is 12.1 Å². The molecule has 18 heavy (non-hydrogen) atoms. The molecule has 0 amide bonds. The maximum atomic E-state index is 13.5. The van der Waals surface area contributed by atoms with Gasteiger partial charge in [0.05, 0.1) is 11.6 Å². The van der Waals surface area contributed by atoms with Crippen molar-refractivity contribution in [1.82, 2.24) is 15.0 Å². The molecule has 0 bridgehead atoms. The van der Waals surface area contributed by atoms with Crippen molar-refractivity contribution >= 4 is 11.6 Å². The van der Waals surface area contributed by atoms with Crippen LogP contribution < -0.4 is 0 Å². The third-order valence-corrected chi connectivity index (χ3v) is 2.94. The molecule has 0 saturated heterocycles. The molecule has 0 aliphatic heterocycles. The second-order valence-electron chi connectivity index (χ2n) is 3.68. The zero-order chi connectivity index (χ0) is 13.3. The quantitative estimate of drug-likeness (QED) is 0.635. The largest absolute Gasteiger partial charge is 0.217 e. The molecule has 1 aromatic carbocycles. The van der Waals surface area contributed by atoms with Gasteiger partial charge in [-0.15, -0.1) is 16.7 Å². The standard InChI is InChI=1S/C11H9ClF3N3/c1-2-7(12)9-5-18(17-16-9)10-4-6(13)3-8(14)11(10)15/h3-5,7H,2H2,1H3. The van der Waals surface area contributed by atoms with E-state index < -0.39 is 17.5 Å². The van der Waals surface area contributed by atoms with Crippen molar-refractivity contribution in [3.05, 3.63) is 41.5 Å². The van der Waals surface area contributed by atoms with E-state index in [1.807, 2.05) is 6.92 Å². The molecule has 0 spiro atoms. The molecule has 2 aromatic rings. The summed E-state index contributed by atoms with van der Waals surface area (Å²) >= 11 is 5.94. The van der Waals surface area contributed by atoms with Crippen LogP contribution in [0.4, 0.5) is 13.2 Å². The van der Waals surface area contributed by atoms with Crippen molar-refractivity contribution < 1.29 is 13.2 Å². The van der Waals surface area contributed by atoms with Gasteiger partial charge < -0.3 is 0 Å². The molecule has 96 valence electrons. The topological polar surface area (TPSA) is 30.7 Å². The fourth-order valence-corrected chi connectivity index (χ4v) is 1.56. The smallest absolute Gasteiger partial charge is 0.184 e. The average Bonchev–Trinajstić information content (AvgIpc) is 2.82. The summed E-state index contributed by atoms with van der Waals surface area (Å²) in [7, 11) is 0. The van der Waals surface area contributed by atoms with E-state index in [4.69, 9.17) is 11.6 Å². The van der Waals surface area contributed by atoms with Crippen LogP contribution >= 0.6 is 11.6 Å². The SMILES string of the molecule is CCC(Cl)c1cn(-c2cc(F)cc(F)c2F)nn1. The minimum atomic E-state index is -1.28. The van der Waals surface area contributed by atoms with Crippen LogP contribution in [0.15, 0.2) is 18.3 Å². The van der Waals surface area contributed by atoms with Gasteiger partial charge in [0.1, 0.15) is 17.2 Å². The Bertz CT molecular complexity index is 571. The molecular weight excluding hydrogens is 267 g/mol. The average molecular weight is 276 g/mol. The Balaban J connectivity index is 2.46. The summed E-state index contributed by atoms with van der Waals surface area (Å²) in [5.41, 5.74) is 0.0782. The number of alkyl halides is 1. The molecule has 1 unspecified atom stereocenters. The van der Waals surface area contributed by atoms with E-state index in [1.165, 1.54) is 6.20 Å². The van der Waals surface area contributed by atoms with Crippen molar-refractivity contribution in [3.63, 3.8) is 0 Å². The zero-order valence-electron chi connectivity index (χ0n) is 9.37. The van der Waals surface area contributed by atoms with Crippen LogP contribution in [0.1, 0.15) is 24.4 Å². The van der Waals surface area contributed by atoms with Crippen LogP contribution in [-0.4, -0.2) is 15.0 Å². The molecule has 1 aromatic heterocycles. The summed E-state index contributed by atoms with van der Waals surface area (Å²) in [6, 6.07) is 1.30. The van der Waals surface area contributed by atoms with Crippen molar-refractivity contribution in [3.8, 4) is 5.69 Å². The predicted molar refractivity (Wildman–Crippen MR) is 60.1 cm³/mol. The molecule has 0 N–H and O–H groups in total. The Morgan fingerprint density at radius 1 is 1.33 bits per heavy atom. The van der Waals surface area contributed by atoms with E-state index in [0.29, 0.717) is 18.2 Å². The van der Waals surface area contributed by atoms with E-state index in [0.717, 1.165) is 10.7 Å². The summed E-state index contributed by atoms with van der Waals surface area (Å²) in [6.45, 7) is 1.85. The van der Waals surface area contributed by atoms with Crippen molar-refractivity contribution in [2.24, 2.45) is 0 Å². The van der Waals surface area contributed by atoms with Gasteiger partial charge >= 0.3 is 0 Å². The van der Waals surface area contributed by atoms with Crippen LogP contribution in [0.5, 0.6) is 0 Å². The Labute approximate surface area is 106 Å². The highest BCUT2D eigenvalue weighted by Crippen LogP contribution is 2.23. The molecule has 3 nitrogen and oxygen atoms in total. The summed E-state index contributed by atoms with van der Waals surface area (Å²) in [5.74, 6) is -3.35. The molecule has 1 atom stereocenters. The Hall–Kier alpha value is -1.56. The number of halogens is 4. The van der Waals surface area contributed by atoms with E-state index >= 15 is 0 Å². The molecule has 0 fully saturated rings. The Kier molecular flexibility index (Phi) is 3.56. The molecule has 0 aliphatic rings. The molecule has 0 radical (unpaired) electrons. The summed E-state index contributed by atoms with van der Waals surface area (Å²) in [5, 5.41) is 6.97. The molecule has 0 saturated carbocycles. The van der Waals surface area contributed by atoms with Gasteiger partial charge in [-0.2, -0.15) is 0 Å². The van der Waals surface area contributed by atoms with Gasteiger partial charge in [-0.3, -0.25) is 0 Å². The zero-order valence-corrected chi connectivity index (χ0v) is 10.1. The molecule has 1 heterocycles. The first-order valence-electron chi connectivity index (χ1n) is 5.24. The Morgan fingerprint density at radius 3 is 2.72 bits per heavy atom. The summed E-state index contributed by atoms with van der Waals surface area (Å²) < 4.78 is 40.5. The number of hydrogen-bond acceptors (Lipinski definition) is 2. The van der Waals surface area contributed by atoms with Crippen LogP contribution in [0.2, 0.25) is 0 Å². The lowest BCUT2D eigenvalue weighted by Gasteiger charge is -2.03. The third-order valence-electron chi connectivity index (χ3n) is 2.41. The van der Waals surface area contributed by atoms with E-state index in [-0.39, 0.29) is 11.1 Å². The number of hydrogen-bond donors (Lipinski definition) is 0. The van der Waals surface area contributed by atoms with Gasteiger partial charge in [-0.05, 0) is 6.42 Å². The highest BCUT2D eigenvalue weighted by molar-refractivity contribution is 6.20. The normalized spacial score (nSPS) is 12.7. The molecule has 2 rings (SSSR count). The lowest BCUT2D eigenvalue weighted by molar-refractivity contribution is 0.487. The predicted octanol–water partition coefficient (Wildman–Crippen LogP) is 3.37. The first-order chi connectivity index (χ1) is 8.52. The summed E-state index contributed by atoms with van der Waals surface area (Å²) in [6.07, 6.45) is 1.96. The number of benzene rings is 1. The second-order valence-corrected chi connectivity index (χ2v) is 4.21. The van der Waals surface area contributed by atoms with Gasteiger partial charge in [0.25, 0.3) is 0 Å². The first kappa shape index (κ1) is 12.9. The van der Waals surface area contributed by atoms with Crippen molar-refractivity contribution in [1.29, 1.82) is 0 Å². The fourth-order valence-electron chi connectivity index (χ4n) is 1.46. The van der Waals surface area contributed by atoms with Gasteiger partial charge in [-0.25, -0.2) is 17.9 Å². The minimum Gasteiger partial charge on any atom is -0.217 e. The van der Waals surface area contributed by atoms with Crippen LogP contribution in [0.25, 0.3) is 5.69 Å². The molecule has 0 aliphatic carbocycles. The monoisotopic (exact) mass is 275 g/mol. The van der Waals surface area contributed by atoms with Gasteiger partial charge in [0.2, 0.25) is 0 Å². The highest BCUT2D eigenvalue weighted by atomic mass is 35.5. The lowest BCUT2D eigenvalue weighted by Crippen LogP contribution is -2.02. The van der Waals surface area contributed by atoms with E-state index in [9.17, 15) is 13.2 Å². The fraction of sp³-hybridized carbons (Fsp3) is 0.273. The maximum Gasteiger partial charge on any atom is 0.184 e. The van der Waals surface area contributed by atoms with Crippen LogP contribution in [-0.2, 0) is 0 Å². The van der Waals surface area contributed by atoms with E-state index in [1.54, 1.807) is 0 Å². The Morgan fingerprint density at radius 2 is 2.06 bits per heavy atom. The molecule has 7 heteroatoms. The van der Waals surface area contributed by atoms with Crippen molar-refractivity contribution in [2.45, 2.75) is 18.7 Å². The lowest BCUT2D eigenvalue weighted by atomic mass is 10.2. The maximum absolute atomic E-state index is 13.5. The van der Waals surface area contributed by atoms with Crippen LogP contribution in [0.3, 0.4) is 0 Å². The minimum absolute atomic E-state index is 0.341. The number of aromatic nitrogens is 3. The highest BCUT2D eigenvalue weighted by Gasteiger charge is 2.16. The number of rotatable bonds is 3. The second kappa shape index (κ2) is 4.97. The van der Waals surface area contributed by atoms with Crippen LogP contribution in [0, 0.1) is 17.5 Å². The van der Waals surface area contributed by atoms with Gasteiger partial charge in [0, 0.05) is 12.1 Å². The van der Waals surface area contributed by atoms with Gasteiger partial charge in [0.15, 0.2) is 11.6 Å². The van der Waals surface area contributed by atoms with Crippen molar-refractivity contribution in [2.75, 3.05) is 0 Å². The first-order valence-corrected chi connectivity index (χ1v) is 5.67. The molecular formula is C11H9ClF3N3. The summed E-state index contributed by atoms with van der Waals surface area (Å²) in [4.78, 5) is 0.